The Labute approximate surface area is 110 Å². The third-order valence-corrected chi connectivity index (χ3v) is 2.99. The lowest BCUT2D eigenvalue weighted by Crippen LogP contribution is -2.29. The van der Waals surface area contributed by atoms with Gasteiger partial charge in [0.25, 0.3) is 5.91 Å². The molecule has 2 heterocycles. The van der Waals surface area contributed by atoms with E-state index in [1.54, 1.807) is 24.4 Å². The summed E-state index contributed by atoms with van der Waals surface area (Å²) in [5.41, 5.74) is 1.59. The van der Waals surface area contributed by atoms with Gasteiger partial charge in [-0.05, 0) is 24.3 Å². The molecule has 0 saturated carbocycles. The maximum atomic E-state index is 12.3. The Morgan fingerprint density at radius 2 is 1.95 bits per heavy atom. The third kappa shape index (κ3) is 2.08. The molecule has 1 aliphatic heterocycles. The molecule has 0 fully saturated rings. The summed E-state index contributed by atoms with van der Waals surface area (Å²) >= 11 is 0. The first-order valence-corrected chi connectivity index (χ1v) is 5.95. The molecule has 4 heteroatoms. The van der Waals surface area contributed by atoms with Gasteiger partial charge in [0, 0.05) is 11.8 Å². The molecule has 1 aromatic carbocycles. The van der Waals surface area contributed by atoms with E-state index in [9.17, 15) is 4.79 Å². The predicted molar refractivity (Wildman–Crippen MR) is 70.8 cm³/mol. The fraction of sp³-hybridized carbons (Fsp3) is 0.0667. The average Bonchev–Trinajstić information content (AvgIpc) is 2.46. The number of fused-ring (bicyclic) bond motifs is 1. The van der Waals surface area contributed by atoms with Crippen LogP contribution in [0.25, 0.3) is 6.08 Å². The second-order valence-electron chi connectivity index (χ2n) is 4.26. The molecule has 0 atom stereocenters. The zero-order valence-corrected chi connectivity index (χ0v) is 10.2. The number of nitrogens with one attached hydrogen (secondary N) is 1. The number of aromatic nitrogens is 1. The van der Waals surface area contributed by atoms with Gasteiger partial charge in [0.05, 0.1) is 5.57 Å². The van der Waals surface area contributed by atoms with Crippen molar-refractivity contribution in [2.75, 3.05) is 6.61 Å². The molecule has 0 aliphatic carbocycles. The highest BCUT2D eigenvalue weighted by Crippen LogP contribution is 2.25. The maximum absolute atomic E-state index is 12.3. The summed E-state index contributed by atoms with van der Waals surface area (Å²) < 4.78 is 6.86. The van der Waals surface area contributed by atoms with Gasteiger partial charge in [-0.1, -0.05) is 24.3 Å². The molecule has 3 rings (SSSR count). The van der Waals surface area contributed by atoms with Crippen molar-refractivity contribution in [3.63, 3.8) is 0 Å². The molecular formula is C15H12N2O2. The first-order chi connectivity index (χ1) is 9.25. The Bertz CT molecular complexity index is 729. The summed E-state index contributed by atoms with van der Waals surface area (Å²) in [5, 5.41) is 7.74. The molecule has 0 saturated heterocycles. The van der Waals surface area contributed by atoms with Crippen LogP contribution in [0.4, 0.5) is 0 Å². The summed E-state index contributed by atoms with van der Waals surface area (Å²) in [6, 6.07) is 12.6. The highest BCUT2D eigenvalue weighted by molar-refractivity contribution is 6.00. The Kier molecular flexibility index (Phi) is 2.76. The van der Waals surface area contributed by atoms with Gasteiger partial charge in [0.15, 0.2) is 0 Å². The van der Waals surface area contributed by atoms with E-state index in [2.05, 4.69) is 0 Å². The Morgan fingerprint density at radius 1 is 1.16 bits per heavy atom. The Hall–Kier alpha value is -2.62. The number of hydrogen-bond donors (Lipinski definition) is 1. The molecule has 1 aromatic heterocycles. The summed E-state index contributed by atoms with van der Waals surface area (Å²) in [6.45, 7) is 0.233. The lowest BCUT2D eigenvalue weighted by atomic mass is 10.1. The molecule has 1 aliphatic rings. The van der Waals surface area contributed by atoms with Crippen molar-refractivity contribution in [1.29, 1.82) is 5.41 Å². The fourth-order valence-electron chi connectivity index (χ4n) is 2.01. The molecule has 0 bridgehead atoms. The van der Waals surface area contributed by atoms with Crippen LogP contribution >= 0.6 is 0 Å². The third-order valence-electron chi connectivity index (χ3n) is 2.99. The van der Waals surface area contributed by atoms with Gasteiger partial charge < -0.3 is 4.74 Å². The number of carbonyl (C=O) groups excluding carboxylic acids is 1. The van der Waals surface area contributed by atoms with E-state index in [4.69, 9.17) is 10.1 Å². The zero-order chi connectivity index (χ0) is 13.2. The van der Waals surface area contributed by atoms with Crippen LogP contribution in [0.3, 0.4) is 0 Å². The number of hydrogen-bond acceptors (Lipinski definition) is 3. The summed E-state index contributed by atoms with van der Waals surface area (Å²) in [5.74, 6) is 0.559. The van der Waals surface area contributed by atoms with Crippen LogP contribution < -0.4 is 10.2 Å². The lowest BCUT2D eigenvalue weighted by Gasteiger charge is -2.17. The second kappa shape index (κ2) is 4.57. The number of rotatable bonds is 1. The first-order valence-electron chi connectivity index (χ1n) is 5.95. The molecule has 1 N–H and O–H groups in total. The summed E-state index contributed by atoms with van der Waals surface area (Å²) in [6.07, 6.45) is 3.41. The van der Waals surface area contributed by atoms with Crippen LogP contribution in [0.2, 0.25) is 0 Å². The van der Waals surface area contributed by atoms with Gasteiger partial charge >= 0.3 is 0 Å². The van der Waals surface area contributed by atoms with E-state index < -0.39 is 0 Å². The van der Waals surface area contributed by atoms with E-state index >= 15 is 0 Å². The van der Waals surface area contributed by atoms with Crippen LogP contribution in [0.1, 0.15) is 10.4 Å². The number of ether oxygens (including phenoxy) is 1. The minimum atomic E-state index is -0.222. The molecule has 2 aromatic rings. The van der Waals surface area contributed by atoms with Crippen molar-refractivity contribution >= 4 is 12.0 Å². The van der Waals surface area contributed by atoms with Gasteiger partial charge in [-0.25, -0.2) is 0 Å². The molecule has 4 nitrogen and oxygen atoms in total. The minimum Gasteiger partial charge on any atom is -0.488 e. The van der Waals surface area contributed by atoms with Gasteiger partial charge in [-0.15, -0.1) is 0 Å². The van der Waals surface area contributed by atoms with Crippen molar-refractivity contribution in [1.82, 2.24) is 4.57 Å². The van der Waals surface area contributed by atoms with Crippen LogP contribution in [0, 0.1) is 5.41 Å². The number of carbonyl (C=O) groups is 1. The van der Waals surface area contributed by atoms with Crippen molar-refractivity contribution in [3.05, 3.63) is 65.3 Å². The smallest absolute Gasteiger partial charge is 0.262 e. The van der Waals surface area contributed by atoms with Crippen molar-refractivity contribution < 1.29 is 9.53 Å². The topological polar surface area (TPSA) is 55.1 Å². The molecule has 0 spiro atoms. The highest BCUT2D eigenvalue weighted by atomic mass is 16.5. The first kappa shape index (κ1) is 11.5. The van der Waals surface area contributed by atoms with Crippen molar-refractivity contribution in [2.45, 2.75) is 0 Å². The van der Waals surface area contributed by atoms with Crippen LogP contribution in [0.15, 0.2) is 54.2 Å². The SMILES string of the molecule is N=c1ccccn1C(=O)C1=Cc2ccccc2OC1. The average molecular weight is 252 g/mol. The minimum absolute atomic E-state index is 0.159. The maximum Gasteiger partial charge on any atom is 0.262 e. The van der Waals surface area contributed by atoms with Crippen LogP contribution in [-0.4, -0.2) is 17.1 Å². The number of benzene rings is 1. The van der Waals surface area contributed by atoms with E-state index in [-0.39, 0.29) is 18.0 Å². The molecule has 0 amide bonds. The zero-order valence-electron chi connectivity index (χ0n) is 10.2. The Morgan fingerprint density at radius 3 is 2.79 bits per heavy atom. The standard InChI is InChI=1S/C15H12N2O2/c16-14-7-3-4-8-17(14)15(18)12-9-11-5-1-2-6-13(11)19-10-12/h1-9,16H,10H2. The van der Waals surface area contributed by atoms with Gasteiger partial charge in [0.2, 0.25) is 0 Å². The largest absolute Gasteiger partial charge is 0.488 e. The normalized spacial score (nSPS) is 13.2. The highest BCUT2D eigenvalue weighted by Gasteiger charge is 2.18. The lowest BCUT2D eigenvalue weighted by molar-refractivity contribution is 0.0937. The molecular weight excluding hydrogens is 240 g/mol. The monoisotopic (exact) mass is 252 g/mol. The fourth-order valence-corrected chi connectivity index (χ4v) is 2.01. The molecule has 0 radical (unpaired) electrons. The summed E-state index contributed by atoms with van der Waals surface area (Å²) in [4.78, 5) is 12.3. The molecule has 19 heavy (non-hydrogen) atoms. The van der Waals surface area contributed by atoms with Gasteiger partial charge in [-0.3, -0.25) is 14.8 Å². The second-order valence-corrected chi connectivity index (χ2v) is 4.26. The number of nitrogens with zero attached hydrogens (tertiary/aromatic N) is 1. The van der Waals surface area contributed by atoms with Crippen LogP contribution in [0.5, 0.6) is 5.75 Å². The molecule has 94 valence electrons. The van der Waals surface area contributed by atoms with Crippen LogP contribution in [-0.2, 0) is 0 Å². The van der Waals surface area contributed by atoms with Gasteiger partial charge in [-0.2, -0.15) is 0 Å². The Balaban J connectivity index is 2.01. The van der Waals surface area contributed by atoms with E-state index in [0.717, 1.165) is 11.3 Å². The van der Waals surface area contributed by atoms with E-state index in [0.29, 0.717) is 5.57 Å². The molecule has 0 unspecified atom stereocenters. The summed E-state index contributed by atoms with van der Waals surface area (Å²) in [7, 11) is 0. The number of para-hydroxylation sites is 1. The van der Waals surface area contributed by atoms with Crippen molar-refractivity contribution in [2.24, 2.45) is 0 Å². The quantitative estimate of drug-likeness (QED) is 0.844. The predicted octanol–water partition coefficient (Wildman–Crippen LogP) is 2.08. The van der Waals surface area contributed by atoms with E-state index in [1.807, 2.05) is 30.3 Å². The van der Waals surface area contributed by atoms with E-state index in [1.165, 1.54) is 4.57 Å². The number of pyridine rings is 1. The van der Waals surface area contributed by atoms with Gasteiger partial charge in [0.1, 0.15) is 17.8 Å². The van der Waals surface area contributed by atoms with Crippen molar-refractivity contribution in [3.8, 4) is 5.75 Å².